The molecular weight excluding hydrogens is 1200 g/mol. The van der Waals surface area contributed by atoms with Gasteiger partial charge in [-0.3, -0.25) is 28.8 Å². The number of nitrogens with one attached hydrogen (secondary N) is 4. The fraction of sp³-hybridized carbons (Fsp3) is 0.645. The summed E-state index contributed by atoms with van der Waals surface area (Å²) in [7, 11) is 0. The molecule has 0 bridgehead atoms. The third-order valence-corrected chi connectivity index (χ3v) is 17.3. The number of aliphatic hydroxyl groups is 2. The Morgan fingerprint density at radius 2 is 0.978 bits per heavy atom. The first-order chi connectivity index (χ1) is 43.6. The van der Waals surface area contributed by atoms with Gasteiger partial charge in [-0.05, 0) is 60.1 Å². The molecule has 0 aliphatic carbocycles. The van der Waals surface area contributed by atoms with Gasteiger partial charge in [0.25, 0.3) is 0 Å². The number of hydrogen-bond acceptors (Lipinski definition) is 22. The van der Waals surface area contributed by atoms with Gasteiger partial charge in [0, 0.05) is 49.7 Å². The van der Waals surface area contributed by atoms with Crippen LogP contribution < -0.4 is 51.7 Å². The Kier molecular flexibility index (Phi) is 21.0. The van der Waals surface area contributed by atoms with E-state index >= 15 is 0 Å². The second kappa shape index (κ2) is 28.3. The zero-order valence-corrected chi connectivity index (χ0v) is 53.2. The number of nitrogens with zero attached hydrogens (tertiary/aromatic N) is 4. The molecule has 2 spiro atoms. The molecule has 2 aromatic carbocycles. The molecule has 2 unspecified atom stereocenters. The molecule has 2 aromatic rings. The van der Waals surface area contributed by atoms with Crippen molar-refractivity contribution >= 4 is 59.1 Å². The summed E-state index contributed by atoms with van der Waals surface area (Å²) in [6.45, 7) is 16.2. The molecule has 0 aromatic heterocycles. The number of alkyl carbamates (subject to hydrolysis) is 2. The highest BCUT2D eigenvalue weighted by molar-refractivity contribution is 6.04. The van der Waals surface area contributed by atoms with E-state index in [9.17, 15) is 48.6 Å². The second-order valence-corrected chi connectivity index (χ2v) is 26.7. The molecule has 0 saturated carbocycles. The number of fused-ring (bicyclic) bond motifs is 2. The number of likely N-dealkylation sites (tertiary alicyclic amines) is 2. The fourth-order valence-corrected chi connectivity index (χ4v) is 12.4. The van der Waals surface area contributed by atoms with Crippen molar-refractivity contribution in [2.45, 2.75) is 191 Å². The van der Waals surface area contributed by atoms with Gasteiger partial charge in [-0.1, -0.05) is 78.5 Å². The van der Waals surface area contributed by atoms with Crippen LogP contribution in [-0.4, -0.2) is 204 Å². The molecule has 10 rings (SSSR count). The van der Waals surface area contributed by atoms with Crippen molar-refractivity contribution in [2.24, 2.45) is 32.6 Å². The minimum absolute atomic E-state index is 0.0158. The van der Waals surface area contributed by atoms with E-state index in [-0.39, 0.29) is 78.4 Å². The summed E-state index contributed by atoms with van der Waals surface area (Å²) in [5.74, 6) is -1.79. The molecule has 12 atom stereocenters. The Morgan fingerprint density at radius 1 is 0.598 bits per heavy atom. The van der Waals surface area contributed by atoms with Crippen LogP contribution in [0.5, 0.6) is 23.0 Å². The highest BCUT2D eigenvalue weighted by Crippen LogP contribution is 2.44. The van der Waals surface area contributed by atoms with E-state index in [1.807, 2.05) is 26.0 Å². The summed E-state index contributed by atoms with van der Waals surface area (Å²) in [6, 6.07) is 4.57. The van der Waals surface area contributed by atoms with E-state index in [1.165, 1.54) is 9.80 Å². The molecular formula is C62H86N10O20. The zero-order chi connectivity index (χ0) is 66.5. The Bertz CT molecular complexity index is 2950. The number of benzene rings is 2. The summed E-state index contributed by atoms with van der Waals surface area (Å²) in [6.07, 6.45) is -2.18. The van der Waals surface area contributed by atoms with Crippen molar-refractivity contribution in [3.63, 3.8) is 0 Å². The van der Waals surface area contributed by atoms with Gasteiger partial charge in [-0.15, -0.1) is 0 Å². The SMILES string of the molecule is CCC[C@H](NC(=O)[C@@H]1C[C@]2(CC(c3ccc4c(c3)OCO4)=NO2)CN1C(=O)[C@@H](NC(=O)O[C@H]1CCOC1)C(C)(C)C)C(O)C(N)=O.CCC[C@H](NC(=O)[C@@H]1C[C@]2(CC(c3ccc4c(c3)OCO4)=NO2)CN1C(=O)[C@@H](NC(=O)O[C@H]1CCOC1)C(C)(C)C)C(O)C(N)=O. The van der Waals surface area contributed by atoms with Gasteiger partial charge in [0.2, 0.25) is 49.0 Å². The number of nitrogens with two attached hydrogens (primary N) is 2. The van der Waals surface area contributed by atoms with Gasteiger partial charge >= 0.3 is 12.2 Å². The van der Waals surface area contributed by atoms with Crippen LogP contribution in [0.25, 0.3) is 0 Å². The van der Waals surface area contributed by atoms with Crippen molar-refractivity contribution in [3.8, 4) is 23.0 Å². The average molecular weight is 1290 g/mol. The van der Waals surface area contributed by atoms with Crippen LogP contribution in [0, 0.1) is 10.8 Å². The van der Waals surface area contributed by atoms with Crippen LogP contribution in [0.3, 0.4) is 0 Å². The number of carbonyl (C=O) groups excluding carboxylic acids is 8. The van der Waals surface area contributed by atoms with Gasteiger partial charge in [0.05, 0.1) is 63.0 Å². The lowest BCUT2D eigenvalue weighted by atomic mass is 9.85. The molecule has 92 heavy (non-hydrogen) atoms. The quantitative estimate of drug-likeness (QED) is 0.0938. The largest absolute Gasteiger partial charge is 0.454 e. The van der Waals surface area contributed by atoms with Gasteiger partial charge < -0.3 is 100 Å². The molecule has 8 aliphatic heterocycles. The summed E-state index contributed by atoms with van der Waals surface area (Å²) in [5, 5.41) is 40.4. The van der Waals surface area contributed by atoms with E-state index in [4.69, 9.17) is 59.0 Å². The maximum Gasteiger partial charge on any atom is 0.408 e. The van der Waals surface area contributed by atoms with Gasteiger partial charge in [-0.25, -0.2) is 9.59 Å². The first-order valence-electron chi connectivity index (χ1n) is 31.2. The molecule has 10 N–H and O–H groups in total. The Morgan fingerprint density at radius 3 is 1.32 bits per heavy atom. The predicted octanol–water partition coefficient (Wildman–Crippen LogP) is 1.88. The summed E-state index contributed by atoms with van der Waals surface area (Å²) in [5.41, 5.74) is 9.71. The van der Waals surface area contributed by atoms with Gasteiger partial charge in [0.15, 0.2) is 46.4 Å². The number of hydrogen-bond donors (Lipinski definition) is 8. The smallest absolute Gasteiger partial charge is 0.408 e. The van der Waals surface area contributed by atoms with Crippen molar-refractivity contribution in [1.82, 2.24) is 31.1 Å². The molecule has 0 radical (unpaired) electrons. The highest BCUT2D eigenvalue weighted by atomic mass is 16.7. The van der Waals surface area contributed by atoms with E-state index in [0.29, 0.717) is 73.3 Å². The summed E-state index contributed by atoms with van der Waals surface area (Å²) >= 11 is 0. The minimum Gasteiger partial charge on any atom is -0.454 e. The van der Waals surface area contributed by atoms with E-state index in [1.54, 1.807) is 65.8 Å². The number of rotatable bonds is 20. The van der Waals surface area contributed by atoms with Crippen LogP contribution >= 0.6 is 0 Å². The average Bonchev–Trinajstić information content (AvgIpc) is 1.60. The molecule has 8 amide bonds. The monoisotopic (exact) mass is 1290 g/mol. The third-order valence-electron chi connectivity index (χ3n) is 17.3. The molecule has 30 nitrogen and oxygen atoms in total. The molecule has 4 saturated heterocycles. The normalized spacial score (nSPS) is 25.4. The minimum atomic E-state index is -1.62. The van der Waals surface area contributed by atoms with E-state index < -0.39 is 130 Å². The topological polar surface area (TPSA) is 401 Å². The Hall–Kier alpha value is -8.22. The Labute approximate surface area is 532 Å². The molecule has 8 heterocycles. The van der Waals surface area contributed by atoms with E-state index in [2.05, 4.69) is 31.6 Å². The lowest BCUT2D eigenvalue weighted by Gasteiger charge is -2.35. The summed E-state index contributed by atoms with van der Waals surface area (Å²) < 4.78 is 43.4. The van der Waals surface area contributed by atoms with E-state index in [0.717, 1.165) is 11.1 Å². The molecule has 504 valence electrons. The first-order valence-corrected chi connectivity index (χ1v) is 31.2. The van der Waals surface area contributed by atoms with Crippen LogP contribution in [0.2, 0.25) is 0 Å². The molecule has 4 fully saturated rings. The first kappa shape index (κ1) is 68.2. The zero-order valence-electron chi connectivity index (χ0n) is 53.2. The maximum absolute atomic E-state index is 14.4. The van der Waals surface area contributed by atoms with Crippen molar-refractivity contribution in [1.29, 1.82) is 0 Å². The lowest BCUT2D eigenvalue weighted by molar-refractivity contribution is -0.143. The number of carbonyl (C=O) groups is 8. The molecule has 30 heteroatoms. The van der Waals surface area contributed by atoms with Crippen molar-refractivity contribution in [2.75, 3.05) is 53.1 Å². The van der Waals surface area contributed by atoms with Gasteiger partial charge in [0.1, 0.15) is 36.4 Å². The Balaban J connectivity index is 0.000000217. The molecule has 8 aliphatic rings. The number of amides is 8. The van der Waals surface area contributed by atoms with Crippen molar-refractivity contribution < 1.29 is 96.1 Å². The highest BCUT2D eigenvalue weighted by Gasteiger charge is 2.58. The second-order valence-electron chi connectivity index (χ2n) is 26.7. The summed E-state index contributed by atoms with van der Waals surface area (Å²) in [4.78, 5) is 121. The standard InChI is InChI=1S/2C31H43N5O10/c2*1-5-6-19(24(37)26(32)38)33-27(39)21-13-31(12-20(35-46-31)17-7-8-22-23(11-17)44-16-43-22)15-36(21)28(40)25(30(2,3)4)34-29(41)45-18-9-10-42-14-18/h2*7-8,11,18-19,21,24-25,37H,5-6,9-10,12-16H2,1-4H3,(H2,32,38)(H,33,39)(H,34,41)/t2*18-,19-,21-,24?,25+,31+/m00/s1. The van der Waals surface area contributed by atoms with Crippen LogP contribution in [0.4, 0.5) is 9.59 Å². The van der Waals surface area contributed by atoms with Crippen molar-refractivity contribution in [3.05, 3.63) is 47.5 Å². The number of primary amides is 2. The van der Waals surface area contributed by atoms with Gasteiger partial charge in [-0.2, -0.15) is 0 Å². The third kappa shape index (κ3) is 15.8. The number of oxime groups is 2. The number of ether oxygens (including phenoxy) is 8. The lowest BCUT2D eigenvalue weighted by Crippen LogP contribution is -2.59. The van der Waals surface area contributed by atoms with Crippen LogP contribution in [-0.2, 0) is 57.4 Å². The number of aliphatic hydroxyl groups excluding tert-OH is 2. The maximum atomic E-state index is 14.4. The predicted molar refractivity (Wildman–Crippen MR) is 324 cm³/mol. The van der Waals surface area contributed by atoms with Crippen LogP contribution in [0.15, 0.2) is 46.7 Å². The fourth-order valence-electron chi connectivity index (χ4n) is 12.4. The van der Waals surface area contributed by atoms with Crippen LogP contribution in [0.1, 0.15) is 131 Å².